The summed E-state index contributed by atoms with van der Waals surface area (Å²) in [6.45, 7) is 3.37. The van der Waals surface area contributed by atoms with Crippen molar-refractivity contribution in [1.82, 2.24) is 0 Å². The average Bonchev–Trinajstić information content (AvgIpc) is 2.66. The minimum Gasteiger partial charge on any atom is -0.330 e. The Labute approximate surface area is 88.4 Å². The molecule has 0 aromatic heterocycles. The molecule has 0 aromatic rings. The molecule has 0 aromatic carbocycles. The van der Waals surface area contributed by atoms with Gasteiger partial charge in [0, 0.05) is 0 Å². The summed E-state index contributed by atoms with van der Waals surface area (Å²) >= 11 is 0. The Morgan fingerprint density at radius 2 is 1.93 bits per heavy atom. The van der Waals surface area contributed by atoms with Crippen LogP contribution in [0.25, 0.3) is 0 Å². The molecule has 2 aliphatic rings. The van der Waals surface area contributed by atoms with Gasteiger partial charge >= 0.3 is 0 Å². The van der Waals surface area contributed by atoms with Crippen molar-refractivity contribution in [3.05, 3.63) is 0 Å². The summed E-state index contributed by atoms with van der Waals surface area (Å²) in [6.07, 6.45) is 11.7. The number of hydrogen-bond acceptors (Lipinski definition) is 1. The molecule has 0 aliphatic heterocycles. The predicted molar refractivity (Wildman–Crippen MR) is 61.1 cm³/mol. The molecule has 2 N–H and O–H groups in total. The molecule has 0 amide bonds. The fourth-order valence-electron chi connectivity index (χ4n) is 3.29. The normalized spacial score (nSPS) is 37.7. The van der Waals surface area contributed by atoms with E-state index in [2.05, 4.69) is 6.92 Å². The molecular formula is C13H25N. The lowest BCUT2D eigenvalue weighted by molar-refractivity contribution is 0.374. The van der Waals surface area contributed by atoms with Crippen LogP contribution >= 0.6 is 0 Å². The van der Waals surface area contributed by atoms with E-state index >= 15 is 0 Å². The second-order valence-electron chi connectivity index (χ2n) is 5.82. The van der Waals surface area contributed by atoms with Gasteiger partial charge in [-0.25, -0.2) is 0 Å². The highest BCUT2D eigenvalue weighted by molar-refractivity contribution is 4.98. The molecule has 2 rings (SSSR count). The van der Waals surface area contributed by atoms with E-state index in [-0.39, 0.29) is 0 Å². The van der Waals surface area contributed by atoms with Crippen molar-refractivity contribution in [2.75, 3.05) is 6.54 Å². The molecule has 0 heterocycles. The lowest BCUT2D eigenvalue weighted by Gasteiger charge is -2.14. The van der Waals surface area contributed by atoms with E-state index in [1.54, 1.807) is 0 Å². The van der Waals surface area contributed by atoms with Gasteiger partial charge in [-0.3, -0.25) is 0 Å². The fraction of sp³-hybridized carbons (Fsp3) is 1.00. The highest BCUT2D eigenvalue weighted by Crippen LogP contribution is 2.57. The van der Waals surface area contributed by atoms with Gasteiger partial charge in [-0.15, -0.1) is 0 Å². The van der Waals surface area contributed by atoms with Crippen molar-refractivity contribution in [2.45, 2.75) is 58.3 Å². The summed E-state index contributed by atoms with van der Waals surface area (Å²) in [5.74, 6) is 2.04. The van der Waals surface area contributed by atoms with E-state index in [9.17, 15) is 0 Å². The molecule has 2 atom stereocenters. The van der Waals surface area contributed by atoms with Crippen LogP contribution in [0.4, 0.5) is 0 Å². The first-order chi connectivity index (χ1) is 6.74. The first kappa shape index (κ1) is 10.5. The van der Waals surface area contributed by atoms with Crippen LogP contribution in [0.2, 0.25) is 0 Å². The topological polar surface area (TPSA) is 26.0 Å². The summed E-state index contributed by atoms with van der Waals surface area (Å²) in [7, 11) is 0. The molecule has 1 nitrogen and oxygen atoms in total. The Kier molecular flexibility index (Phi) is 3.16. The summed E-state index contributed by atoms with van der Waals surface area (Å²) < 4.78 is 0. The Morgan fingerprint density at radius 1 is 1.21 bits per heavy atom. The van der Waals surface area contributed by atoms with E-state index in [1.165, 1.54) is 51.4 Å². The van der Waals surface area contributed by atoms with Gasteiger partial charge in [0.1, 0.15) is 0 Å². The van der Waals surface area contributed by atoms with E-state index in [0.717, 1.165) is 18.4 Å². The third-order valence-electron chi connectivity index (χ3n) is 4.65. The zero-order chi connectivity index (χ0) is 10.0. The summed E-state index contributed by atoms with van der Waals surface area (Å²) in [4.78, 5) is 0. The van der Waals surface area contributed by atoms with Crippen molar-refractivity contribution in [1.29, 1.82) is 0 Å². The molecule has 14 heavy (non-hydrogen) atoms. The highest BCUT2D eigenvalue weighted by Gasteiger charge is 2.48. The van der Waals surface area contributed by atoms with Gasteiger partial charge in [0.15, 0.2) is 0 Å². The zero-order valence-corrected chi connectivity index (χ0v) is 9.60. The number of hydrogen-bond donors (Lipinski definition) is 1. The van der Waals surface area contributed by atoms with Crippen molar-refractivity contribution >= 4 is 0 Å². The Balaban J connectivity index is 1.65. The van der Waals surface area contributed by atoms with Gasteiger partial charge in [0.25, 0.3) is 0 Å². The second-order valence-corrected chi connectivity index (χ2v) is 5.82. The van der Waals surface area contributed by atoms with E-state index in [1.807, 2.05) is 0 Å². The maximum absolute atomic E-state index is 5.61. The summed E-state index contributed by atoms with van der Waals surface area (Å²) in [5.41, 5.74) is 6.31. The first-order valence-corrected chi connectivity index (χ1v) is 6.45. The van der Waals surface area contributed by atoms with E-state index in [0.29, 0.717) is 5.41 Å². The Morgan fingerprint density at radius 3 is 2.57 bits per heavy atom. The standard InChI is InChI=1S/C13H25N/c1-13(10-12(13)7-9-14)8-6-11-4-2-3-5-11/h11-12H,2-10,14H2,1H3. The summed E-state index contributed by atoms with van der Waals surface area (Å²) in [5, 5.41) is 0. The second kappa shape index (κ2) is 4.22. The minimum absolute atomic E-state index is 0.696. The molecule has 82 valence electrons. The molecule has 0 saturated heterocycles. The fourth-order valence-corrected chi connectivity index (χ4v) is 3.29. The van der Waals surface area contributed by atoms with Crippen LogP contribution < -0.4 is 5.73 Å². The molecule has 1 heteroatoms. The molecule has 0 spiro atoms. The molecule has 0 bridgehead atoms. The van der Waals surface area contributed by atoms with Crippen LogP contribution in [-0.2, 0) is 0 Å². The largest absolute Gasteiger partial charge is 0.330 e. The average molecular weight is 195 g/mol. The molecular weight excluding hydrogens is 170 g/mol. The quantitative estimate of drug-likeness (QED) is 0.715. The van der Waals surface area contributed by atoms with Crippen molar-refractivity contribution in [2.24, 2.45) is 23.0 Å². The number of rotatable bonds is 5. The Hall–Kier alpha value is -0.0400. The smallest absolute Gasteiger partial charge is 0.00744 e. The van der Waals surface area contributed by atoms with Crippen molar-refractivity contribution in [3.8, 4) is 0 Å². The molecule has 0 radical (unpaired) electrons. The van der Waals surface area contributed by atoms with Gasteiger partial charge in [-0.1, -0.05) is 32.6 Å². The lowest BCUT2D eigenvalue weighted by Crippen LogP contribution is -2.06. The third-order valence-corrected chi connectivity index (χ3v) is 4.65. The molecule has 2 saturated carbocycles. The maximum atomic E-state index is 5.61. The number of nitrogens with two attached hydrogens (primary N) is 1. The van der Waals surface area contributed by atoms with Gasteiger partial charge < -0.3 is 5.73 Å². The molecule has 2 fully saturated rings. The molecule has 2 unspecified atom stereocenters. The van der Waals surface area contributed by atoms with Crippen LogP contribution in [0.5, 0.6) is 0 Å². The predicted octanol–water partition coefficient (Wildman–Crippen LogP) is 3.33. The van der Waals surface area contributed by atoms with Crippen LogP contribution in [0.1, 0.15) is 58.3 Å². The molecule has 2 aliphatic carbocycles. The lowest BCUT2D eigenvalue weighted by atomic mass is 9.92. The van der Waals surface area contributed by atoms with E-state index < -0.39 is 0 Å². The van der Waals surface area contributed by atoms with Crippen LogP contribution in [0, 0.1) is 17.3 Å². The van der Waals surface area contributed by atoms with E-state index in [4.69, 9.17) is 5.73 Å². The monoisotopic (exact) mass is 195 g/mol. The van der Waals surface area contributed by atoms with Gasteiger partial charge in [0.05, 0.1) is 0 Å². The van der Waals surface area contributed by atoms with Gasteiger partial charge in [0.2, 0.25) is 0 Å². The first-order valence-electron chi connectivity index (χ1n) is 6.45. The van der Waals surface area contributed by atoms with Crippen LogP contribution in [-0.4, -0.2) is 6.54 Å². The van der Waals surface area contributed by atoms with Gasteiger partial charge in [-0.05, 0) is 49.5 Å². The van der Waals surface area contributed by atoms with Crippen LogP contribution in [0.3, 0.4) is 0 Å². The summed E-state index contributed by atoms with van der Waals surface area (Å²) in [6, 6.07) is 0. The Bertz CT molecular complexity index is 184. The third kappa shape index (κ3) is 2.31. The minimum atomic E-state index is 0.696. The van der Waals surface area contributed by atoms with Crippen LogP contribution in [0.15, 0.2) is 0 Å². The van der Waals surface area contributed by atoms with Crippen molar-refractivity contribution < 1.29 is 0 Å². The highest BCUT2D eigenvalue weighted by atomic mass is 14.6. The SMILES string of the molecule is CC1(CCC2CCCC2)CC1CCN. The zero-order valence-electron chi connectivity index (χ0n) is 9.60. The van der Waals surface area contributed by atoms with Gasteiger partial charge in [-0.2, -0.15) is 0 Å². The van der Waals surface area contributed by atoms with Crippen molar-refractivity contribution in [3.63, 3.8) is 0 Å². The maximum Gasteiger partial charge on any atom is -0.00744 e.